The summed E-state index contributed by atoms with van der Waals surface area (Å²) in [5.41, 5.74) is 1.83. The van der Waals surface area contributed by atoms with Gasteiger partial charge in [-0.1, -0.05) is 24.3 Å². The molecule has 142 valence electrons. The second-order valence-corrected chi connectivity index (χ2v) is 6.25. The fourth-order valence-electron chi connectivity index (χ4n) is 2.77. The van der Waals surface area contributed by atoms with Crippen LogP contribution in [0.15, 0.2) is 54.6 Å². The number of nitro benzene ring substituents is 1. The van der Waals surface area contributed by atoms with Crippen LogP contribution in [0.5, 0.6) is 0 Å². The number of carbonyl (C=O) groups is 3. The second kappa shape index (κ2) is 8.26. The van der Waals surface area contributed by atoms with Crippen molar-refractivity contribution in [2.75, 3.05) is 5.32 Å². The van der Waals surface area contributed by atoms with E-state index in [-0.39, 0.29) is 42.8 Å². The van der Waals surface area contributed by atoms with Crippen LogP contribution < -0.4 is 5.32 Å². The number of imide groups is 1. The molecule has 2 aromatic carbocycles. The molecule has 3 rings (SSSR count). The molecule has 1 heterocycles. The Morgan fingerprint density at radius 2 is 1.79 bits per heavy atom. The van der Waals surface area contributed by atoms with Gasteiger partial charge in [-0.05, 0) is 29.3 Å². The van der Waals surface area contributed by atoms with Gasteiger partial charge in [-0.15, -0.1) is 0 Å². The molecule has 1 saturated heterocycles. The summed E-state index contributed by atoms with van der Waals surface area (Å²) in [5, 5.41) is 13.4. The largest absolute Gasteiger partial charge is 0.323 e. The number of nitrogens with zero attached hydrogens (tertiary/aromatic N) is 2. The van der Waals surface area contributed by atoms with Crippen molar-refractivity contribution in [2.24, 2.45) is 0 Å². The Balaban J connectivity index is 1.58. The maximum atomic E-state index is 12.0. The van der Waals surface area contributed by atoms with Crippen LogP contribution in [0.2, 0.25) is 0 Å². The minimum atomic E-state index is -0.498. The van der Waals surface area contributed by atoms with Crippen LogP contribution in [0.25, 0.3) is 6.08 Å². The van der Waals surface area contributed by atoms with Crippen LogP contribution in [0.3, 0.4) is 0 Å². The van der Waals surface area contributed by atoms with E-state index in [0.29, 0.717) is 11.3 Å². The second-order valence-electron chi connectivity index (χ2n) is 6.25. The minimum Gasteiger partial charge on any atom is -0.323 e. The lowest BCUT2D eigenvalue weighted by Crippen LogP contribution is -2.28. The summed E-state index contributed by atoms with van der Waals surface area (Å²) in [6.07, 6.45) is 3.28. The van der Waals surface area contributed by atoms with Crippen molar-refractivity contribution < 1.29 is 19.3 Å². The van der Waals surface area contributed by atoms with Gasteiger partial charge in [0.15, 0.2) is 0 Å². The fraction of sp³-hybridized carbons (Fsp3) is 0.150. The van der Waals surface area contributed by atoms with Crippen molar-refractivity contribution in [1.82, 2.24) is 4.90 Å². The van der Waals surface area contributed by atoms with Crippen LogP contribution in [-0.2, 0) is 20.9 Å². The van der Waals surface area contributed by atoms with Crippen LogP contribution in [0.4, 0.5) is 11.4 Å². The van der Waals surface area contributed by atoms with Gasteiger partial charge in [0.2, 0.25) is 17.7 Å². The zero-order valence-corrected chi connectivity index (χ0v) is 14.8. The summed E-state index contributed by atoms with van der Waals surface area (Å²) in [4.78, 5) is 46.8. The number of hydrogen-bond acceptors (Lipinski definition) is 5. The molecule has 3 amide bonds. The van der Waals surface area contributed by atoms with E-state index >= 15 is 0 Å². The van der Waals surface area contributed by atoms with E-state index in [4.69, 9.17) is 0 Å². The molecule has 8 heteroatoms. The first-order valence-corrected chi connectivity index (χ1v) is 8.58. The van der Waals surface area contributed by atoms with E-state index in [1.165, 1.54) is 29.2 Å². The van der Waals surface area contributed by atoms with Gasteiger partial charge in [-0.3, -0.25) is 29.4 Å². The molecule has 8 nitrogen and oxygen atoms in total. The van der Waals surface area contributed by atoms with Crippen molar-refractivity contribution in [3.63, 3.8) is 0 Å². The Labute approximate surface area is 160 Å². The minimum absolute atomic E-state index is 0.0480. The van der Waals surface area contributed by atoms with Crippen molar-refractivity contribution in [3.05, 3.63) is 75.8 Å². The number of hydrogen-bond donors (Lipinski definition) is 1. The van der Waals surface area contributed by atoms with E-state index in [0.717, 1.165) is 5.56 Å². The third kappa shape index (κ3) is 4.67. The van der Waals surface area contributed by atoms with Crippen LogP contribution >= 0.6 is 0 Å². The molecule has 0 aliphatic carbocycles. The molecule has 0 radical (unpaired) electrons. The summed E-state index contributed by atoms with van der Waals surface area (Å²) < 4.78 is 0. The Bertz CT molecular complexity index is 950. The van der Waals surface area contributed by atoms with E-state index < -0.39 is 4.92 Å². The average molecular weight is 379 g/mol. The monoisotopic (exact) mass is 379 g/mol. The van der Waals surface area contributed by atoms with Crippen LogP contribution in [0, 0.1) is 10.1 Å². The first-order chi connectivity index (χ1) is 13.4. The zero-order chi connectivity index (χ0) is 20.1. The number of anilines is 1. The van der Waals surface area contributed by atoms with Gasteiger partial charge in [0.25, 0.3) is 5.69 Å². The van der Waals surface area contributed by atoms with Crippen LogP contribution in [0.1, 0.15) is 24.0 Å². The van der Waals surface area contributed by atoms with Crippen molar-refractivity contribution in [3.8, 4) is 0 Å². The predicted octanol–water partition coefficient (Wildman–Crippen LogP) is 2.90. The molecule has 28 heavy (non-hydrogen) atoms. The summed E-state index contributed by atoms with van der Waals surface area (Å²) in [6, 6.07) is 12.8. The van der Waals surface area contributed by atoms with E-state index in [1.807, 2.05) is 0 Å². The number of benzene rings is 2. The van der Waals surface area contributed by atoms with Gasteiger partial charge < -0.3 is 5.32 Å². The first-order valence-electron chi connectivity index (χ1n) is 8.58. The maximum absolute atomic E-state index is 12.0. The quantitative estimate of drug-likeness (QED) is 0.359. The van der Waals surface area contributed by atoms with Crippen molar-refractivity contribution in [2.45, 2.75) is 19.4 Å². The molecule has 1 aliphatic heterocycles. The van der Waals surface area contributed by atoms with E-state index in [1.54, 1.807) is 36.4 Å². The standard InChI is InChI=1S/C20H17N3O5/c24-18(9-6-14-2-1-3-17(12-14)23(27)28)21-16-7-4-15(5-8-16)13-22-19(25)10-11-20(22)26/h1-9,12H,10-11,13H2,(H,21,24)/b9-6+. The SMILES string of the molecule is O=C(/C=C/c1cccc([N+](=O)[O-])c1)Nc1ccc(CN2C(=O)CCC2=O)cc1. The molecule has 0 spiro atoms. The smallest absolute Gasteiger partial charge is 0.270 e. The van der Waals surface area contributed by atoms with Gasteiger partial charge in [-0.2, -0.15) is 0 Å². The zero-order valence-electron chi connectivity index (χ0n) is 14.8. The first kappa shape index (κ1) is 19.0. The summed E-state index contributed by atoms with van der Waals surface area (Å²) >= 11 is 0. The van der Waals surface area contributed by atoms with Gasteiger partial charge in [0, 0.05) is 36.7 Å². The van der Waals surface area contributed by atoms with Crippen LogP contribution in [-0.4, -0.2) is 27.5 Å². The predicted molar refractivity (Wildman–Crippen MR) is 102 cm³/mol. The molecule has 0 unspecified atom stereocenters. The molecule has 0 saturated carbocycles. The fourth-order valence-corrected chi connectivity index (χ4v) is 2.77. The average Bonchev–Trinajstić information content (AvgIpc) is 3.00. The Hall–Kier alpha value is -3.81. The molecule has 1 fully saturated rings. The third-order valence-corrected chi connectivity index (χ3v) is 4.23. The Morgan fingerprint density at radius 1 is 1.11 bits per heavy atom. The Kier molecular flexibility index (Phi) is 5.59. The molecular formula is C20H17N3O5. The normalized spacial score (nSPS) is 13.9. The van der Waals surface area contributed by atoms with Crippen molar-refractivity contribution >= 4 is 35.2 Å². The number of rotatable bonds is 6. The van der Waals surface area contributed by atoms with E-state index in [2.05, 4.69) is 5.32 Å². The number of amides is 3. The highest BCUT2D eigenvalue weighted by Gasteiger charge is 2.28. The number of non-ortho nitro benzene ring substituents is 1. The highest BCUT2D eigenvalue weighted by atomic mass is 16.6. The topological polar surface area (TPSA) is 110 Å². The highest BCUT2D eigenvalue weighted by molar-refractivity contribution is 6.02. The lowest BCUT2D eigenvalue weighted by Gasteiger charge is -2.14. The molecule has 0 bridgehead atoms. The van der Waals surface area contributed by atoms with E-state index in [9.17, 15) is 24.5 Å². The van der Waals surface area contributed by atoms with Gasteiger partial charge in [-0.25, -0.2) is 0 Å². The summed E-state index contributed by atoms with van der Waals surface area (Å²) in [7, 11) is 0. The molecule has 0 aromatic heterocycles. The molecule has 0 atom stereocenters. The number of nitro groups is 1. The van der Waals surface area contributed by atoms with Gasteiger partial charge in [0.1, 0.15) is 0 Å². The molecule has 2 aromatic rings. The molecule has 1 aliphatic rings. The molecular weight excluding hydrogens is 362 g/mol. The Morgan fingerprint density at radius 3 is 2.43 bits per heavy atom. The molecule has 1 N–H and O–H groups in total. The lowest BCUT2D eigenvalue weighted by molar-refractivity contribution is -0.384. The maximum Gasteiger partial charge on any atom is 0.270 e. The summed E-state index contributed by atoms with van der Waals surface area (Å²) in [5.74, 6) is -0.730. The third-order valence-electron chi connectivity index (χ3n) is 4.23. The highest BCUT2D eigenvalue weighted by Crippen LogP contribution is 2.18. The number of nitrogens with one attached hydrogen (secondary N) is 1. The number of carbonyl (C=O) groups excluding carboxylic acids is 3. The lowest BCUT2D eigenvalue weighted by atomic mass is 10.2. The van der Waals surface area contributed by atoms with Gasteiger partial charge >= 0.3 is 0 Å². The summed E-state index contributed by atoms with van der Waals surface area (Å²) in [6.45, 7) is 0.221. The van der Waals surface area contributed by atoms with Gasteiger partial charge in [0.05, 0.1) is 11.5 Å². The van der Waals surface area contributed by atoms with Crippen molar-refractivity contribution in [1.29, 1.82) is 0 Å². The number of likely N-dealkylation sites (tertiary alicyclic amines) is 1.